The minimum atomic E-state index is 1.10. The van der Waals surface area contributed by atoms with Gasteiger partial charge in [0.1, 0.15) is 0 Å². The maximum absolute atomic E-state index is 2.33. The van der Waals surface area contributed by atoms with E-state index in [1.807, 2.05) is 11.3 Å². The zero-order valence-corrected chi connectivity index (χ0v) is 33.2. The summed E-state index contributed by atoms with van der Waals surface area (Å²) in [6, 6.07) is 87.1. The van der Waals surface area contributed by atoms with Crippen LogP contribution in [-0.2, 0) is 0 Å². The second-order valence-corrected chi connectivity index (χ2v) is 15.7. The first-order valence-corrected chi connectivity index (χ1v) is 20.8. The van der Waals surface area contributed by atoms with Crippen LogP contribution < -0.4 is 9.80 Å². The molecule has 0 unspecified atom stereocenters. The first-order chi connectivity index (χ1) is 29.2. The molecule has 10 rings (SSSR count). The number of fused-ring (bicyclic) bond motifs is 1. The van der Waals surface area contributed by atoms with E-state index in [0.29, 0.717) is 0 Å². The zero-order chi connectivity index (χ0) is 39.4. The Morgan fingerprint density at radius 3 is 0.898 bits per heavy atom. The molecular weight excluding hydrogens is 733 g/mol. The largest absolute Gasteiger partial charge is 0.311 e. The van der Waals surface area contributed by atoms with Crippen LogP contribution in [0.15, 0.2) is 243 Å². The number of hydrogen-bond donors (Lipinski definition) is 0. The van der Waals surface area contributed by atoms with Crippen LogP contribution in [0.1, 0.15) is 0 Å². The van der Waals surface area contributed by atoms with Gasteiger partial charge >= 0.3 is 0 Å². The first-order valence-electron chi connectivity index (χ1n) is 20.0. The summed E-state index contributed by atoms with van der Waals surface area (Å²) in [6.07, 6.45) is 0. The van der Waals surface area contributed by atoms with Gasteiger partial charge in [-0.1, -0.05) is 158 Å². The van der Waals surface area contributed by atoms with Gasteiger partial charge in [-0.15, -0.1) is 11.3 Å². The molecular formula is C56H40N2S. The highest BCUT2D eigenvalue weighted by atomic mass is 32.1. The van der Waals surface area contributed by atoms with Crippen molar-refractivity contribution in [2.24, 2.45) is 0 Å². The number of nitrogens with zero attached hydrogens (tertiary/aromatic N) is 2. The third kappa shape index (κ3) is 7.56. The molecule has 0 saturated carbocycles. The van der Waals surface area contributed by atoms with Crippen LogP contribution in [0.3, 0.4) is 0 Å². The van der Waals surface area contributed by atoms with Crippen LogP contribution in [-0.4, -0.2) is 0 Å². The number of benzene rings is 9. The lowest BCUT2D eigenvalue weighted by atomic mass is 10.0. The SMILES string of the molecule is c1ccc(-c2ccc(N(c3ccc(-c4ccccc4)cc3)c3ccc(-c4ccc(N(c5ccccc5)c5ccc(-c6cc7ccccc7s6)cc5)cc4)cc3)cc2)cc1. The van der Waals surface area contributed by atoms with Crippen molar-refractivity contribution in [3.8, 4) is 43.8 Å². The molecule has 0 aliphatic carbocycles. The maximum Gasteiger partial charge on any atom is 0.0462 e. The third-order valence-corrected chi connectivity index (χ3v) is 12.1. The van der Waals surface area contributed by atoms with Gasteiger partial charge in [0, 0.05) is 43.7 Å². The average molecular weight is 773 g/mol. The number of thiophene rings is 1. The van der Waals surface area contributed by atoms with Crippen molar-refractivity contribution in [2.45, 2.75) is 0 Å². The predicted octanol–water partition coefficient (Wildman–Crippen LogP) is 16.5. The maximum atomic E-state index is 2.33. The van der Waals surface area contributed by atoms with Gasteiger partial charge in [0.05, 0.1) is 0 Å². The smallest absolute Gasteiger partial charge is 0.0462 e. The number of para-hydroxylation sites is 1. The van der Waals surface area contributed by atoms with Gasteiger partial charge in [0.25, 0.3) is 0 Å². The molecule has 1 heterocycles. The van der Waals surface area contributed by atoms with Crippen LogP contribution in [0.25, 0.3) is 53.9 Å². The molecule has 0 spiro atoms. The molecule has 59 heavy (non-hydrogen) atoms. The zero-order valence-electron chi connectivity index (χ0n) is 32.4. The van der Waals surface area contributed by atoms with Gasteiger partial charge in [-0.05, 0) is 129 Å². The van der Waals surface area contributed by atoms with E-state index < -0.39 is 0 Å². The van der Waals surface area contributed by atoms with Gasteiger partial charge in [0.15, 0.2) is 0 Å². The minimum absolute atomic E-state index is 1.10. The summed E-state index contributed by atoms with van der Waals surface area (Å²) in [7, 11) is 0. The molecule has 0 amide bonds. The van der Waals surface area contributed by atoms with Crippen LogP contribution in [0.4, 0.5) is 34.1 Å². The van der Waals surface area contributed by atoms with E-state index in [4.69, 9.17) is 0 Å². The van der Waals surface area contributed by atoms with Crippen molar-refractivity contribution in [1.29, 1.82) is 0 Å². The van der Waals surface area contributed by atoms with Crippen molar-refractivity contribution in [2.75, 3.05) is 9.80 Å². The summed E-state index contributed by atoms with van der Waals surface area (Å²) in [4.78, 5) is 5.94. The van der Waals surface area contributed by atoms with E-state index in [1.165, 1.54) is 48.3 Å². The average Bonchev–Trinajstić information content (AvgIpc) is 3.76. The van der Waals surface area contributed by atoms with Crippen molar-refractivity contribution in [3.05, 3.63) is 243 Å². The summed E-state index contributed by atoms with van der Waals surface area (Å²) in [5.74, 6) is 0. The van der Waals surface area contributed by atoms with Crippen molar-refractivity contribution in [1.82, 2.24) is 0 Å². The minimum Gasteiger partial charge on any atom is -0.311 e. The summed E-state index contributed by atoms with van der Waals surface area (Å²) < 4.78 is 1.31. The fraction of sp³-hybridized carbons (Fsp3) is 0. The lowest BCUT2D eigenvalue weighted by Gasteiger charge is -2.26. The molecule has 0 aliphatic heterocycles. The summed E-state index contributed by atoms with van der Waals surface area (Å²) in [6.45, 7) is 0. The van der Waals surface area contributed by atoms with Crippen molar-refractivity contribution >= 4 is 55.5 Å². The highest BCUT2D eigenvalue weighted by Crippen LogP contribution is 2.40. The number of rotatable bonds is 10. The second kappa shape index (κ2) is 16.2. The Hall–Kier alpha value is -7.46. The van der Waals surface area contributed by atoms with Gasteiger partial charge < -0.3 is 9.80 Å². The molecule has 0 bridgehead atoms. The molecule has 0 N–H and O–H groups in total. The molecule has 1 aromatic heterocycles. The highest BCUT2D eigenvalue weighted by Gasteiger charge is 2.16. The standard InChI is InChI=1S/C56H40N2S/c1-4-12-41(13-5-1)43-20-30-51(31-21-43)58(52-32-22-44(23-33-52)42-14-6-2-7-15-42)53-36-26-46(27-37-53)45-24-34-50(35-25-45)57(49-17-8-3-9-18-49)54-38-28-47(29-39-54)56-40-48-16-10-11-19-55(48)59-56/h1-40H. The van der Waals surface area contributed by atoms with Crippen LogP contribution in [0.2, 0.25) is 0 Å². The topological polar surface area (TPSA) is 6.48 Å². The van der Waals surface area contributed by atoms with Crippen molar-refractivity contribution in [3.63, 3.8) is 0 Å². The van der Waals surface area contributed by atoms with E-state index in [1.54, 1.807) is 0 Å². The lowest BCUT2D eigenvalue weighted by molar-refractivity contribution is 1.28. The molecule has 0 aliphatic rings. The molecule has 9 aromatic carbocycles. The monoisotopic (exact) mass is 772 g/mol. The lowest BCUT2D eigenvalue weighted by Crippen LogP contribution is -2.10. The summed E-state index contributed by atoms with van der Waals surface area (Å²) in [5, 5.41) is 1.29. The fourth-order valence-electron chi connectivity index (χ4n) is 7.84. The quantitative estimate of drug-likeness (QED) is 0.137. The normalized spacial score (nSPS) is 11.1. The Morgan fingerprint density at radius 1 is 0.237 bits per heavy atom. The third-order valence-electron chi connectivity index (χ3n) is 10.9. The molecule has 10 aromatic rings. The molecule has 280 valence electrons. The Labute approximate surface area is 350 Å². The van der Waals surface area contributed by atoms with E-state index in [0.717, 1.165) is 39.7 Å². The van der Waals surface area contributed by atoms with E-state index in [2.05, 4.69) is 252 Å². The number of hydrogen-bond acceptors (Lipinski definition) is 3. The van der Waals surface area contributed by atoms with Gasteiger partial charge in [0.2, 0.25) is 0 Å². The van der Waals surface area contributed by atoms with Crippen molar-refractivity contribution < 1.29 is 0 Å². The summed E-state index contributed by atoms with van der Waals surface area (Å²) >= 11 is 1.84. The van der Waals surface area contributed by atoms with E-state index >= 15 is 0 Å². The van der Waals surface area contributed by atoms with Crippen LogP contribution >= 0.6 is 11.3 Å². The van der Waals surface area contributed by atoms with E-state index in [-0.39, 0.29) is 0 Å². The van der Waals surface area contributed by atoms with Gasteiger partial charge in [-0.2, -0.15) is 0 Å². The van der Waals surface area contributed by atoms with Crippen LogP contribution in [0, 0.1) is 0 Å². The Bertz CT molecular complexity index is 2810. The predicted molar refractivity (Wildman–Crippen MR) is 253 cm³/mol. The summed E-state index contributed by atoms with van der Waals surface area (Å²) in [5.41, 5.74) is 15.0. The van der Waals surface area contributed by atoms with E-state index in [9.17, 15) is 0 Å². The van der Waals surface area contributed by atoms with Gasteiger partial charge in [-0.25, -0.2) is 0 Å². The first kappa shape index (κ1) is 35.9. The Morgan fingerprint density at radius 2 is 0.525 bits per heavy atom. The number of anilines is 6. The molecule has 0 saturated heterocycles. The second-order valence-electron chi connectivity index (χ2n) is 14.6. The molecule has 0 atom stereocenters. The Kier molecular flexibility index (Phi) is 9.85. The molecule has 0 fully saturated rings. The fourth-order valence-corrected chi connectivity index (χ4v) is 8.91. The molecule has 0 radical (unpaired) electrons. The highest BCUT2D eigenvalue weighted by molar-refractivity contribution is 7.22. The molecule has 3 heteroatoms. The molecule has 2 nitrogen and oxygen atoms in total. The van der Waals surface area contributed by atoms with Gasteiger partial charge in [-0.3, -0.25) is 0 Å². The van der Waals surface area contributed by atoms with Crippen LogP contribution in [0.5, 0.6) is 0 Å². The Balaban J connectivity index is 0.943.